The molecule has 5 heteroatoms. The van der Waals surface area contributed by atoms with Crippen LogP contribution in [-0.4, -0.2) is 24.2 Å². The molecule has 0 heterocycles. The van der Waals surface area contributed by atoms with Crippen molar-refractivity contribution in [1.82, 2.24) is 5.32 Å². The van der Waals surface area contributed by atoms with E-state index in [1.54, 1.807) is 12.1 Å². The predicted molar refractivity (Wildman–Crippen MR) is 72.6 cm³/mol. The van der Waals surface area contributed by atoms with E-state index in [0.29, 0.717) is 17.1 Å². The number of unbranched alkanes of at least 4 members (excludes halogenated alkanes) is 2. The summed E-state index contributed by atoms with van der Waals surface area (Å²) in [6.07, 6.45) is 2.88. The lowest BCUT2D eigenvalue weighted by Gasteiger charge is -2.07. The summed E-state index contributed by atoms with van der Waals surface area (Å²) < 4.78 is 0. The number of rotatable bonds is 8. The molecular formula is C13H19ClN2O2. The maximum absolute atomic E-state index is 11.0. The fraction of sp³-hybridized carbons (Fsp3) is 0.462. The summed E-state index contributed by atoms with van der Waals surface area (Å²) in [5, 5.41) is 12.5. The van der Waals surface area contributed by atoms with Crippen LogP contribution in [-0.2, 0) is 6.54 Å². The monoisotopic (exact) mass is 270 g/mol. The van der Waals surface area contributed by atoms with Gasteiger partial charge in [0.05, 0.1) is 0 Å². The molecule has 0 aromatic heterocycles. The molecule has 0 unspecified atom stereocenters. The molecule has 100 valence electrons. The van der Waals surface area contributed by atoms with Crippen molar-refractivity contribution >= 4 is 17.5 Å². The van der Waals surface area contributed by atoms with E-state index in [4.69, 9.17) is 22.4 Å². The summed E-state index contributed by atoms with van der Waals surface area (Å²) in [5.41, 5.74) is 6.54. The Balaban J connectivity index is 2.36. The molecule has 1 amide bonds. The van der Waals surface area contributed by atoms with E-state index < -0.39 is 5.91 Å². The van der Waals surface area contributed by atoms with Gasteiger partial charge in [-0.1, -0.05) is 17.7 Å². The third kappa shape index (κ3) is 5.04. The number of nitrogens with two attached hydrogens (primary N) is 1. The van der Waals surface area contributed by atoms with Gasteiger partial charge in [0, 0.05) is 23.7 Å². The highest BCUT2D eigenvalue weighted by molar-refractivity contribution is 6.31. The Morgan fingerprint density at radius 1 is 1.33 bits per heavy atom. The molecule has 0 bridgehead atoms. The molecule has 0 saturated carbocycles. The molecule has 0 spiro atoms. The fourth-order valence-corrected chi connectivity index (χ4v) is 1.85. The van der Waals surface area contributed by atoms with E-state index in [-0.39, 0.29) is 6.61 Å². The van der Waals surface area contributed by atoms with Crippen molar-refractivity contribution in [2.75, 3.05) is 13.2 Å². The molecule has 4 nitrogen and oxygen atoms in total. The van der Waals surface area contributed by atoms with Gasteiger partial charge in [-0.25, -0.2) is 0 Å². The summed E-state index contributed by atoms with van der Waals surface area (Å²) in [6.45, 7) is 1.80. The molecule has 0 fully saturated rings. The highest BCUT2D eigenvalue weighted by atomic mass is 35.5. The van der Waals surface area contributed by atoms with Gasteiger partial charge in [-0.2, -0.15) is 0 Å². The van der Waals surface area contributed by atoms with Gasteiger partial charge in [-0.3, -0.25) is 4.79 Å². The SMILES string of the molecule is NC(=O)c1ccc(CNCCCCCO)c(Cl)c1. The predicted octanol–water partition coefficient (Wildman–Crippen LogP) is 1.69. The number of nitrogens with one attached hydrogen (secondary N) is 1. The molecule has 0 atom stereocenters. The van der Waals surface area contributed by atoms with E-state index >= 15 is 0 Å². The molecule has 18 heavy (non-hydrogen) atoms. The molecule has 1 rings (SSSR count). The molecule has 0 aliphatic rings. The van der Waals surface area contributed by atoms with Crippen LogP contribution >= 0.6 is 11.6 Å². The van der Waals surface area contributed by atoms with Gasteiger partial charge in [-0.05, 0) is 43.5 Å². The van der Waals surface area contributed by atoms with Crippen molar-refractivity contribution in [3.63, 3.8) is 0 Å². The van der Waals surface area contributed by atoms with Gasteiger partial charge in [0.15, 0.2) is 0 Å². The van der Waals surface area contributed by atoms with E-state index in [2.05, 4.69) is 5.32 Å². The number of hydrogen-bond acceptors (Lipinski definition) is 3. The van der Waals surface area contributed by atoms with Gasteiger partial charge >= 0.3 is 0 Å². The molecule has 0 aliphatic heterocycles. The highest BCUT2D eigenvalue weighted by Gasteiger charge is 2.05. The van der Waals surface area contributed by atoms with Crippen LogP contribution in [0.4, 0.5) is 0 Å². The Morgan fingerprint density at radius 2 is 2.11 bits per heavy atom. The third-order valence-corrected chi connectivity index (χ3v) is 3.02. The second kappa shape index (κ2) is 8.08. The van der Waals surface area contributed by atoms with Crippen molar-refractivity contribution in [2.24, 2.45) is 5.73 Å². The summed E-state index contributed by atoms with van der Waals surface area (Å²) in [4.78, 5) is 11.0. The molecule has 0 saturated heterocycles. The number of carbonyl (C=O) groups is 1. The Hall–Kier alpha value is -1.10. The minimum absolute atomic E-state index is 0.250. The standard InChI is InChI=1S/C13H19ClN2O2/c14-12-8-10(13(15)18)4-5-11(12)9-16-6-2-1-3-7-17/h4-5,8,16-17H,1-3,6-7,9H2,(H2,15,18). The van der Waals surface area contributed by atoms with Crippen molar-refractivity contribution in [2.45, 2.75) is 25.8 Å². The lowest BCUT2D eigenvalue weighted by Crippen LogP contribution is -2.16. The summed E-state index contributed by atoms with van der Waals surface area (Å²) in [6, 6.07) is 5.08. The van der Waals surface area contributed by atoms with Crippen molar-refractivity contribution in [3.05, 3.63) is 34.3 Å². The zero-order valence-electron chi connectivity index (χ0n) is 10.3. The number of aliphatic hydroxyl groups excluding tert-OH is 1. The first-order valence-corrected chi connectivity index (χ1v) is 6.42. The van der Waals surface area contributed by atoms with E-state index in [0.717, 1.165) is 31.4 Å². The van der Waals surface area contributed by atoms with Crippen molar-refractivity contribution in [3.8, 4) is 0 Å². The maximum Gasteiger partial charge on any atom is 0.248 e. The number of primary amides is 1. The smallest absolute Gasteiger partial charge is 0.248 e. The average Bonchev–Trinajstić information content (AvgIpc) is 2.35. The first-order valence-electron chi connectivity index (χ1n) is 6.05. The first-order chi connectivity index (χ1) is 8.65. The quantitative estimate of drug-likeness (QED) is 0.629. The Bertz CT molecular complexity index is 397. The number of carbonyl (C=O) groups excluding carboxylic acids is 1. The zero-order chi connectivity index (χ0) is 13.4. The van der Waals surface area contributed by atoms with Crippen molar-refractivity contribution in [1.29, 1.82) is 0 Å². The minimum atomic E-state index is -0.472. The molecule has 4 N–H and O–H groups in total. The molecule has 1 aromatic carbocycles. The van der Waals surface area contributed by atoms with Crippen LogP contribution in [0.2, 0.25) is 5.02 Å². The van der Waals surface area contributed by atoms with Crippen molar-refractivity contribution < 1.29 is 9.90 Å². The van der Waals surface area contributed by atoms with Crippen LogP contribution in [0.1, 0.15) is 35.2 Å². The van der Waals surface area contributed by atoms with Gasteiger partial charge in [-0.15, -0.1) is 0 Å². The highest BCUT2D eigenvalue weighted by Crippen LogP contribution is 2.17. The minimum Gasteiger partial charge on any atom is -0.396 e. The van der Waals surface area contributed by atoms with Gasteiger partial charge in [0.1, 0.15) is 0 Å². The number of aliphatic hydroxyl groups is 1. The zero-order valence-corrected chi connectivity index (χ0v) is 11.0. The van der Waals surface area contributed by atoms with E-state index in [1.807, 2.05) is 6.07 Å². The van der Waals surface area contributed by atoms with Gasteiger partial charge in [0.25, 0.3) is 0 Å². The number of benzene rings is 1. The van der Waals surface area contributed by atoms with E-state index in [1.165, 1.54) is 0 Å². The van der Waals surface area contributed by atoms with Gasteiger partial charge in [0.2, 0.25) is 5.91 Å². The Morgan fingerprint density at radius 3 is 2.72 bits per heavy atom. The summed E-state index contributed by atoms with van der Waals surface area (Å²) in [7, 11) is 0. The number of amides is 1. The fourth-order valence-electron chi connectivity index (χ4n) is 1.61. The summed E-state index contributed by atoms with van der Waals surface area (Å²) in [5.74, 6) is -0.472. The third-order valence-electron chi connectivity index (χ3n) is 2.66. The molecule has 0 radical (unpaired) electrons. The van der Waals surface area contributed by atoms with Crippen LogP contribution in [0.3, 0.4) is 0 Å². The summed E-state index contributed by atoms with van der Waals surface area (Å²) >= 11 is 6.06. The van der Waals surface area contributed by atoms with Crippen LogP contribution < -0.4 is 11.1 Å². The number of halogens is 1. The first kappa shape index (κ1) is 15.0. The molecular weight excluding hydrogens is 252 g/mol. The maximum atomic E-state index is 11.0. The van der Waals surface area contributed by atoms with Crippen LogP contribution in [0, 0.1) is 0 Å². The normalized spacial score (nSPS) is 10.6. The molecule has 0 aliphatic carbocycles. The molecule has 1 aromatic rings. The second-order valence-corrected chi connectivity index (χ2v) is 4.54. The largest absolute Gasteiger partial charge is 0.396 e. The lowest BCUT2D eigenvalue weighted by atomic mass is 10.1. The Kier molecular flexibility index (Phi) is 6.72. The average molecular weight is 271 g/mol. The van der Waals surface area contributed by atoms with Crippen LogP contribution in [0.15, 0.2) is 18.2 Å². The Labute approximate surface area is 112 Å². The lowest BCUT2D eigenvalue weighted by molar-refractivity contribution is 0.100. The second-order valence-electron chi connectivity index (χ2n) is 4.13. The van der Waals surface area contributed by atoms with Crippen LogP contribution in [0.25, 0.3) is 0 Å². The van der Waals surface area contributed by atoms with Gasteiger partial charge < -0.3 is 16.2 Å². The van der Waals surface area contributed by atoms with E-state index in [9.17, 15) is 4.79 Å². The van der Waals surface area contributed by atoms with Crippen LogP contribution in [0.5, 0.6) is 0 Å². The topological polar surface area (TPSA) is 75.4 Å². The number of hydrogen-bond donors (Lipinski definition) is 3.